The molecule has 0 radical (unpaired) electrons. The fourth-order valence-electron chi connectivity index (χ4n) is 3.85. The van der Waals surface area contributed by atoms with Gasteiger partial charge in [-0.25, -0.2) is 13.4 Å². The Balaban J connectivity index is 1.42. The van der Waals surface area contributed by atoms with Gasteiger partial charge in [-0.3, -0.25) is 0 Å². The van der Waals surface area contributed by atoms with E-state index in [2.05, 4.69) is 57.4 Å². The Bertz CT molecular complexity index is 1150. The normalized spacial score (nSPS) is 15.3. The maximum Gasteiger partial charge on any atom is 0.185 e. The second-order valence-electron chi connectivity index (χ2n) is 7.81. The number of ether oxygens (including phenoxy) is 1. The summed E-state index contributed by atoms with van der Waals surface area (Å²) >= 11 is 5.01. The van der Waals surface area contributed by atoms with Crippen LogP contribution in [0, 0.1) is 6.92 Å². The van der Waals surface area contributed by atoms with Gasteiger partial charge in [0.05, 0.1) is 18.1 Å². The molecule has 0 amide bonds. The number of thiazole rings is 1. The van der Waals surface area contributed by atoms with Crippen LogP contribution < -0.4 is 9.64 Å². The number of benzene rings is 2. The van der Waals surface area contributed by atoms with Crippen molar-refractivity contribution in [1.29, 1.82) is 0 Å². The zero-order chi connectivity index (χ0) is 22.0. The predicted molar refractivity (Wildman–Crippen MR) is 129 cm³/mol. The molecule has 0 spiro atoms. The molecule has 2 heterocycles. The Morgan fingerprint density at radius 2 is 1.87 bits per heavy atom. The van der Waals surface area contributed by atoms with Crippen molar-refractivity contribution >= 4 is 42.2 Å². The third-order valence-corrected chi connectivity index (χ3v) is 9.35. The van der Waals surface area contributed by atoms with Crippen LogP contribution in [0.15, 0.2) is 57.2 Å². The maximum absolute atomic E-state index is 13.3. The number of nitrogens with zero attached hydrogens (tertiary/aromatic N) is 2. The fraction of sp³-hybridized carbons (Fsp3) is 0.348. The summed E-state index contributed by atoms with van der Waals surface area (Å²) < 4.78 is 32.6. The van der Waals surface area contributed by atoms with E-state index in [4.69, 9.17) is 9.72 Å². The summed E-state index contributed by atoms with van der Waals surface area (Å²) in [5.41, 5.74) is 3.55. The lowest BCUT2D eigenvalue weighted by Crippen LogP contribution is -2.39. The summed E-state index contributed by atoms with van der Waals surface area (Å²) in [6, 6.07) is 13.6. The molecule has 31 heavy (non-hydrogen) atoms. The first-order valence-electron chi connectivity index (χ1n) is 10.2. The monoisotopic (exact) mass is 520 g/mol. The van der Waals surface area contributed by atoms with Crippen molar-refractivity contribution in [3.8, 4) is 5.75 Å². The van der Waals surface area contributed by atoms with Crippen molar-refractivity contribution < 1.29 is 13.2 Å². The SMILES string of the molecule is COc1ccc(Br)cc1S(=O)(=O)C1CCN(c2nc(Cc3ccc(C)cc3)cs2)CC1. The number of methoxy groups -OCH3 is 1. The molecule has 2 aromatic carbocycles. The second-order valence-corrected chi connectivity index (χ2v) is 11.8. The highest BCUT2D eigenvalue weighted by atomic mass is 79.9. The third-order valence-electron chi connectivity index (χ3n) is 5.63. The Hall–Kier alpha value is -1.90. The van der Waals surface area contributed by atoms with Gasteiger partial charge in [-0.1, -0.05) is 45.8 Å². The smallest absolute Gasteiger partial charge is 0.185 e. The maximum atomic E-state index is 13.3. The summed E-state index contributed by atoms with van der Waals surface area (Å²) in [4.78, 5) is 7.27. The van der Waals surface area contributed by atoms with Gasteiger partial charge in [0.15, 0.2) is 15.0 Å². The molecule has 8 heteroatoms. The van der Waals surface area contributed by atoms with E-state index in [0.717, 1.165) is 21.7 Å². The van der Waals surface area contributed by atoms with Crippen LogP contribution in [0.3, 0.4) is 0 Å². The minimum absolute atomic E-state index is 0.262. The van der Waals surface area contributed by atoms with Crippen LogP contribution >= 0.6 is 27.3 Å². The van der Waals surface area contributed by atoms with E-state index >= 15 is 0 Å². The Morgan fingerprint density at radius 1 is 1.16 bits per heavy atom. The van der Waals surface area contributed by atoms with E-state index in [0.29, 0.717) is 31.7 Å². The minimum atomic E-state index is -3.47. The van der Waals surface area contributed by atoms with Crippen molar-refractivity contribution in [3.63, 3.8) is 0 Å². The van der Waals surface area contributed by atoms with Crippen molar-refractivity contribution in [1.82, 2.24) is 4.98 Å². The van der Waals surface area contributed by atoms with E-state index in [1.165, 1.54) is 18.2 Å². The quantitative estimate of drug-likeness (QED) is 0.443. The third kappa shape index (κ3) is 4.96. The largest absolute Gasteiger partial charge is 0.495 e. The molecular weight excluding hydrogens is 496 g/mol. The molecular formula is C23H25BrN2O3S2. The lowest BCUT2D eigenvalue weighted by molar-refractivity contribution is 0.401. The first kappa shape index (κ1) is 22.3. The second kappa shape index (κ2) is 9.30. The first-order valence-corrected chi connectivity index (χ1v) is 13.4. The van der Waals surface area contributed by atoms with E-state index in [1.807, 2.05) is 0 Å². The fourth-order valence-corrected chi connectivity index (χ4v) is 7.15. The number of hydrogen-bond acceptors (Lipinski definition) is 6. The predicted octanol–water partition coefficient (Wildman–Crippen LogP) is 5.26. The highest BCUT2D eigenvalue weighted by molar-refractivity contribution is 9.10. The topological polar surface area (TPSA) is 59.5 Å². The number of rotatable bonds is 6. The zero-order valence-electron chi connectivity index (χ0n) is 17.5. The molecule has 0 atom stereocenters. The van der Waals surface area contributed by atoms with E-state index in [1.54, 1.807) is 29.5 Å². The standard InChI is InChI=1S/C23H25BrN2O3S2/c1-16-3-5-17(6-4-16)13-19-15-30-23(25-19)26-11-9-20(10-12-26)31(27,28)22-14-18(24)7-8-21(22)29-2/h3-8,14-15,20H,9-13H2,1-2H3. The van der Waals surface area contributed by atoms with Gasteiger partial charge in [-0.15, -0.1) is 11.3 Å². The van der Waals surface area contributed by atoms with E-state index < -0.39 is 15.1 Å². The van der Waals surface area contributed by atoms with Gasteiger partial charge in [0.1, 0.15) is 10.6 Å². The van der Waals surface area contributed by atoms with Gasteiger partial charge in [-0.05, 0) is 43.5 Å². The van der Waals surface area contributed by atoms with Crippen molar-refractivity contribution in [2.75, 3.05) is 25.1 Å². The van der Waals surface area contributed by atoms with Crippen LogP contribution in [0.5, 0.6) is 5.75 Å². The van der Waals surface area contributed by atoms with Crippen molar-refractivity contribution in [2.24, 2.45) is 0 Å². The van der Waals surface area contributed by atoms with Crippen LogP contribution in [0.2, 0.25) is 0 Å². The molecule has 0 aliphatic carbocycles. The average Bonchev–Trinajstić information content (AvgIpc) is 3.24. The molecule has 1 aliphatic heterocycles. The number of aromatic nitrogens is 1. The number of anilines is 1. The average molecular weight is 522 g/mol. The highest BCUT2D eigenvalue weighted by Gasteiger charge is 2.34. The minimum Gasteiger partial charge on any atom is -0.495 e. The van der Waals surface area contributed by atoms with E-state index in [-0.39, 0.29) is 4.90 Å². The van der Waals surface area contributed by atoms with Crippen LogP contribution in [0.1, 0.15) is 29.7 Å². The first-order chi connectivity index (χ1) is 14.9. The summed E-state index contributed by atoms with van der Waals surface area (Å²) in [6.07, 6.45) is 1.96. The number of sulfone groups is 1. The Morgan fingerprint density at radius 3 is 2.55 bits per heavy atom. The van der Waals surface area contributed by atoms with Crippen molar-refractivity contribution in [3.05, 3.63) is 69.1 Å². The van der Waals surface area contributed by atoms with Crippen LogP contribution in [-0.4, -0.2) is 38.9 Å². The molecule has 0 bridgehead atoms. The summed E-state index contributed by atoms with van der Waals surface area (Å²) in [6.45, 7) is 3.44. The summed E-state index contributed by atoms with van der Waals surface area (Å²) in [7, 11) is -1.97. The molecule has 1 fully saturated rings. The Kier molecular flexibility index (Phi) is 6.69. The molecule has 0 saturated carbocycles. The van der Waals surface area contributed by atoms with Crippen LogP contribution in [0.4, 0.5) is 5.13 Å². The Labute approximate surface area is 196 Å². The van der Waals surface area contributed by atoms with Crippen molar-refractivity contribution in [2.45, 2.75) is 36.3 Å². The summed E-state index contributed by atoms with van der Waals surface area (Å²) in [5.74, 6) is 0.395. The van der Waals surface area contributed by atoms with Crippen LogP contribution in [0.25, 0.3) is 0 Å². The zero-order valence-corrected chi connectivity index (χ0v) is 20.8. The molecule has 0 unspecified atom stereocenters. The molecule has 1 aromatic heterocycles. The van der Waals surface area contributed by atoms with Gasteiger partial charge in [-0.2, -0.15) is 0 Å². The molecule has 4 rings (SSSR count). The summed E-state index contributed by atoms with van der Waals surface area (Å²) in [5, 5.41) is 2.65. The number of halogens is 1. The number of piperidine rings is 1. The molecule has 1 aliphatic rings. The van der Waals surface area contributed by atoms with Gasteiger partial charge in [0, 0.05) is 29.4 Å². The molecule has 5 nitrogen and oxygen atoms in total. The highest BCUT2D eigenvalue weighted by Crippen LogP contribution is 2.34. The van der Waals surface area contributed by atoms with Gasteiger partial charge in [0.25, 0.3) is 0 Å². The lowest BCUT2D eigenvalue weighted by Gasteiger charge is -2.31. The number of hydrogen-bond donors (Lipinski definition) is 0. The van der Waals surface area contributed by atoms with Gasteiger partial charge < -0.3 is 9.64 Å². The van der Waals surface area contributed by atoms with E-state index in [9.17, 15) is 8.42 Å². The number of aryl methyl sites for hydroxylation is 1. The van der Waals surface area contributed by atoms with Gasteiger partial charge in [0.2, 0.25) is 0 Å². The van der Waals surface area contributed by atoms with Gasteiger partial charge >= 0.3 is 0 Å². The molecule has 164 valence electrons. The molecule has 0 N–H and O–H groups in total. The lowest BCUT2D eigenvalue weighted by atomic mass is 10.1. The molecule has 3 aromatic rings. The molecule has 1 saturated heterocycles. The van der Waals surface area contributed by atoms with Crippen LogP contribution in [-0.2, 0) is 16.3 Å².